The van der Waals surface area contributed by atoms with Crippen molar-refractivity contribution < 1.29 is 0 Å². The lowest BCUT2D eigenvalue weighted by Gasteiger charge is -2.11. The van der Waals surface area contributed by atoms with Gasteiger partial charge in [-0.2, -0.15) is 15.2 Å². The number of fused-ring (bicyclic) bond motifs is 10. The van der Waals surface area contributed by atoms with Gasteiger partial charge in [-0.15, -0.1) is 11.3 Å². The molecule has 0 N–H and O–H groups in total. The van der Waals surface area contributed by atoms with Gasteiger partial charge in [0.05, 0.1) is 33.9 Å². The lowest BCUT2D eigenvalue weighted by molar-refractivity contribution is 0.954. The van der Waals surface area contributed by atoms with E-state index in [1.807, 2.05) is 36.4 Å². The van der Waals surface area contributed by atoms with Crippen molar-refractivity contribution in [2.24, 2.45) is 0 Å². The Balaban J connectivity index is 1.22. The summed E-state index contributed by atoms with van der Waals surface area (Å²) in [5, 5.41) is 17.8. The third kappa shape index (κ3) is 4.58. The van der Waals surface area contributed by atoms with Crippen LogP contribution in [0.4, 0.5) is 0 Å². The highest BCUT2D eigenvalue weighted by molar-refractivity contribution is 7.27. The van der Waals surface area contributed by atoms with E-state index in [1.54, 1.807) is 17.4 Å². The van der Waals surface area contributed by atoms with Crippen LogP contribution in [0.2, 0.25) is 0 Å². The van der Waals surface area contributed by atoms with Crippen molar-refractivity contribution in [3.63, 3.8) is 0 Å². The van der Waals surface area contributed by atoms with Crippen molar-refractivity contribution in [2.45, 2.75) is 0 Å². The summed E-state index contributed by atoms with van der Waals surface area (Å²) in [4.78, 5) is 20.7. The Morgan fingerprint density at radius 1 is 0.481 bits per heavy atom. The van der Waals surface area contributed by atoms with E-state index in [0.29, 0.717) is 23.2 Å². The van der Waals surface area contributed by atoms with Gasteiger partial charge in [0, 0.05) is 63.8 Å². The molecule has 0 radical (unpaired) electrons. The Labute approximate surface area is 312 Å². The number of benzene rings is 7. The molecule has 0 bridgehead atoms. The molecule has 7 heteroatoms. The highest BCUT2D eigenvalue weighted by atomic mass is 32.1. The van der Waals surface area contributed by atoms with Crippen molar-refractivity contribution >= 4 is 75.0 Å². The van der Waals surface area contributed by atoms with Crippen LogP contribution in [-0.2, 0) is 0 Å². The first-order valence-electron chi connectivity index (χ1n) is 17.7. The molecule has 11 aromatic rings. The third-order valence-electron chi connectivity index (χ3n) is 10.3. The average molecular weight is 707 g/mol. The zero-order valence-corrected chi connectivity index (χ0v) is 29.4. The van der Waals surface area contributed by atoms with Crippen LogP contribution in [0.25, 0.3) is 104 Å². The van der Waals surface area contributed by atoms with E-state index >= 15 is 0 Å². The maximum Gasteiger partial charge on any atom is 0.238 e. The normalized spacial score (nSPS) is 11.7. The Morgan fingerprint density at radius 3 is 1.91 bits per heavy atom. The molecule has 4 aromatic heterocycles. The number of pyridine rings is 1. The minimum Gasteiger partial charge on any atom is -0.278 e. The number of rotatable bonds is 4. The van der Waals surface area contributed by atoms with Gasteiger partial charge >= 0.3 is 0 Å². The largest absolute Gasteiger partial charge is 0.278 e. The van der Waals surface area contributed by atoms with Gasteiger partial charge in [0.2, 0.25) is 5.95 Å². The minimum absolute atomic E-state index is 0.502. The van der Waals surface area contributed by atoms with Crippen molar-refractivity contribution in [1.82, 2.24) is 24.5 Å². The molecule has 0 spiro atoms. The summed E-state index contributed by atoms with van der Waals surface area (Å²) in [6, 6.07) is 56.1. The molecule has 0 aliphatic carbocycles. The number of nitriles is 1. The second kappa shape index (κ2) is 11.9. The zero-order valence-electron chi connectivity index (χ0n) is 28.6. The van der Waals surface area contributed by atoms with E-state index in [9.17, 15) is 5.26 Å². The van der Waals surface area contributed by atoms with Gasteiger partial charge < -0.3 is 0 Å². The van der Waals surface area contributed by atoms with E-state index in [4.69, 9.17) is 19.9 Å². The molecule has 4 heterocycles. The third-order valence-corrected chi connectivity index (χ3v) is 11.5. The fourth-order valence-corrected chi connectivity index (χ4v) is 9.23. The summed E-state index contributed by atoms with van der Waals surface area (Å²) in [5.74, 6) is 1.59. The maximum absolute atomic E-state index is 9.78. The van der Waals surface area contributed by atoms with Crippen LogP contribution in [0.3, 0.4) is 0 Å². The quantitative estimate of drug-likeness (QED) is 0.170. The molecule has 6 nitrogen and oxygen atoms in total. The fourth-order valence-electron chi connectivity index (χ4n) is 7.86. The molecule has 54 heavy (non-hydrogen) atoms. The standard InChI is InChI=1S/C47H26N6S/c48-27-28-12-10-15-30(26-28)45-50-46(52-47(51-45)53-39-22-8-5-16-31(39)32-17-6-9-23-40(32)53)37-20-11-19-33-34-24-25-36-41(44(34)54-43(33)37)35-18-4-7-21-38(35)49-42(36)29-13-2-1-3-14-29/h1-26H. The van der Waals surface area contributed by atoms with Gasteiger partial charge in [-0.05, 0) is 36.4 Å². The van der Waals surface area contributed by atoms with Crippen molar-refractivity contribution in [2.75, 3.05) is 0 Å². The maximum atomic E-state index is 9.78. The number of nitrogens with zero attached hydrogens (tertiary/aromatic N) is 6. The van der Waals surface area contributed by atoms with Crippen LogP contribution < -0.4 is 0 Å². The Hall–Kier alpha value is -7.27. The molecule has 250 valence electrons. The Bertz CT molecular complexity index is 3300. The summed E-state index contributed by atoms with van der Waals surface area (Å²) in [7, 11) is 0. The molecule has 0 saturated heterocycles. The van der Waals surface area contributed by atoms with Crippen LogP contribution in [0.1, 0.15) is 5.56 Å². The molecule has 0 aliphatic rings. The first-order chi connectivity index (χ1) is 26.7. The van der Waals surface area contributed by atoms with Crippen LogP contribution in [0.15, 0.2) is 158 Å². The summed E-state index contributed by atoms with van der Waals surface area (Å²) in [5.41, 5.74) is 7.26. The first kappa shape index (κ1) is 30.4. The lowest BCUT2D eigenvalue weighted by atomic mass is 9.98. The summed E-state index contributed by atoms with van der Waals surface area (Å²) in [6.45, 7) is 0. The van der Waals surface area contributed by atoms with Crippen LogP contribution in [0, 0.1) is 11.3 Å². The average Bonchev–Trinajstić information content (AvgIpc) is 3.80. The van der Waals surface area contributed by atoms with Gasteiger partial charge in [0.25, 0.3) is 0 Å². The Morgan fingerprint density at radius 2 is 1.11 bits per heavy atom. The van der Waals surface area contributed by atoms with Crippen molar-refractivity contribution in [3.8, 4) is 46.1 Å². The molecule has 0 amide bonds. The van der Waals surface area contributed by atoms with Crippen molar-refractivity contribution in [1.29, 1.82) is 5.26 Å². The van der Waals surface area contributed by atoms with E-state index in [2.05, 4.69) is 126 Å². The molecular weight excluding hydrogens is 681 g/mol. The van der Waals surface area contributed by atoms with Crippen LogP contribution in [-0.4, -0.2) is 24.5 Å². The van der Waals surface area contributed by atoms with Gasteiger partial charge in [-0.1, -0.05) is 121 Å². The fraction of sp³-hybridized carbons (Fsp3) is 0. The number of thiophene rings is 1. The van der Waals surface area contributed by atoms with Gasteiger partial charge in [0.1, 0.15) is 0 Å². The van der Waals surface area contributed by atoms with Crippen LogP contribution in [0.5, 0.6) is 0 Å². The topological polar surface area (TPSA) is 80.3 Å². The highest BCUT2D eigenvalue weighted by Crippen LogP contribution is 2.46. The second-order valence-corrected chi connectivity index (χ2v) is 14.4. The molecule has 0 atom stereocenters. The number of hydrogen-bond acceptors (Lipinski definition) is 6. The number of hydrogen-bond donors (Lipinski definition) is 0. The molecule has 7 aromatic carbocycles. The van der Waals surface area contributed by atoms with Crippen molar-refractivity contribution in [3.05, 3.63) is 163 Å². The molecule has 0 fully saturated rings. The van der Waals surface area contributed by atoms with E-state index < -0.39 is 0 Å². The zero-order chi connectivity index (χ0) is 35.8. The summed E-state index contributed by atoms with van der Waals surface area (Å²) in [6.07, 6.45) is 0. The number of aromatic nitrogens is 5. The Kier molecular flexibility index (Phi) is 6.68. The number of para-hydroxylation sites is 3. The van der Waals surface area contributed by atoms with Gasteiger partial charge in [-0.25, -0.2) is 9.97 Å². The summed E-state index contributed by atoms with van der Waals surface area (Å²) >= 11 is 1.77. The van der Waals surface area contributed by atoms with Gasteiger partial charge in [-0.3, -0.25) is 4.57 Å². The molecule has 0 unspecified atom stereocenters. The SMILES string of the molecule is N#Cc1cccc(-c2nc(-c3cccc4c3sc3c4ccc4c(-c5ccccc5)nc5ccccc5c43)nc(-n3c4ccccc4c4ccccc43)n2)c1. The van der Waals surface area contributed by atoms with E-state index in [1.165, 1.54) is 15.5 Å². The predicted octanol–water partition coefficient (Wildman–Crippen LogP) is 11.9. The smallest absolute Gasteiger partial charge is 0.238 e. The molecule has 0 saturated carbocycles. The second-order valence-electron chi connectivity index (χ2n) is 13.3. The predicted molar refractivity (Wildman–Crippen MR) is 221 cm³/mol. The highest BCUT2D eigenvalue weighted by Gasteiger charge is 2.21. The lowest BCUT2D eigenvalue weighted by Crippen LogP contribution is -2.06. The summed E-state index contributed by atoms with van der Waals surface area (Å²) < 4.78 is 4.42. The van der Waals surface area contributed by atoms with Crippen LogP contribution >= 0.6 is 11.3 Å². The molecule has 0 aliphatic heterocycles. The molecular formula is C47H26N6S. The molecule has 11 rings (SSSR count). The first-order valence-corrected chi connectivity index (χ1v) is 18.5. The minimum atomic E-state index is 0.502. The van der Waals surface area contributed by atoms with Gasteiger partial charge in [0.15, 0.2) is 11.6 Å². The van der Waals surface area contributed by atoms with E-state index in [-0.39, 0.29) is 0 Å². The van der Waals surface area contributed by atoms with E-state index in [0.717, 1.165) is 70.6 Å². The monoisotopic (exact) mass is 706 g/mol.